The van der Waals surface area contributed by atoms with Crippen molar-refractivity contribution in [3.8, 4) is 0 Å². The van der Waals surface area contributed by atoms with Crippen LogP contribution in [-0.4, -0.2) is 20.3 Å². The molecule has 106 valence electrons. The molecule has 1 aliphatic heterocycles. The molecule has 0 bridgehead atoms. The van der Waals surface area contributed by atoms with Gasteiger partial charge in [0.05, 0.1) is 12.2 Å². The van der Waals surface area contributed by atoms with E-state index in [0.29, 0.717) is 18.8 Å². The van der Waals surface area contributed by atoms with Crippen molar-refractivity contribution in [1.82, 2.24) is 5.32 Å². The Balaban J connectivity index is 2.27. The van der Waals surface area contributed by atoms with Crippen molar-refractivity contribution in [2.45, 2.75) is 18.6 Å². The Morgan fingerprint density at radius 1 is 1.37 bits per heavy atom. The molecule has 2 nitrogen and oxygen atoms in total. The molecule has 2 unspecified atom stereocenters. The minimum absolute atomic E-state index is 0.154. The predicted octanol–water partition coefficient (Wildman–Crippen LogP) is 3.14. The van der Waals surface area contributed by atoms with Crippen LogP contribution in [-0.2, 0) is 10.9 Å². The normalized spacial score (nSPS) is 21.6. The Morgan fingerprint density at radius 3 is 2.58 bits per heavy atom. The summed E-state index contributed by atoms with van der Waals surface area (Å²) in [5.74, 6) is -1.08. The van der Waals surface area contributed by atoms with Crippen LogP contribution < -0.4 is 5.32 Å². The first kappa shape index (κ1) is 14.3. The van der Waals surface area contributed by atoms with E-state index in [1.807, 2.05) is 0 Å². The molecular formula is C13H15F4NO. The van der Waals surface area contributed by atoms with Crippen LogP contribution in [0.15, 0.2) is 18.2 Å². The van der Waals surface area contributed by atoms with Crippen molar-refractivity contribution >= 4 is 0 Å². The molecule has 1 N–H and O–H groups in total. The molecule has 0 radical (unpaired) electrons. The zero-order valence-electron chi connectivity index (χ0n) is 10.4. The van der Waals surface area contributed by atoms with Crippen molar-refractivity contribution < 1.29 is 22.3 Å². The van der Waals surface area contributed by atoms with E-state index in [2.05, 4.69) is 5.32 Å². The molecule has 19 heavy (non-hydrogen) atoms. The Morgan fingerprint density at radius 2 is 2.11 bits per heavy atom. The van der Waals surface area contributed by atoms with Crippen LogP contribution in [0.1, 0.15) is 23.6 Å². The van der Waals surface area contributed by atoms with E-state index < -0.39 is 17.6 Å². The lowest BCUT2D eigenvalue weighted by Gasteiger charge is -2.23. The first-order valence-electron chi connectivity index (χ1n) is 6.05. The van der Waals surface area contributed by atoms with Gasteiger partial charge in [0.2, 0.25) is 0 Å². The lowest BCUT2D eigenvalue weighted by Crippen LogP contribution is -2.26. The van der Waals surface area contributed by atoms with Crippen molar-refractivity contribution in [3.63, 3.8) is 0 Å². The number of ether oxygens (including phenoxy) is 1. The smallest absolute Gasteiger partial charge is 0.381 e. The topological polar surface area (TPSA) is 21.3 Å². The molecule has 0 aromatic heterocycles. The minimum atomic E-state index is -4.66. The van der Waals surface area contributed by atoms with E-state index >= 15 is 0 Å². The Hall–Kier alpha value is -1.14. The maximum atomic E-state index is 13.6. The molecular weight excluding hydrogens is 262 g/mol. The summed E-state index contributed by atoms with van der Waals surface area (Å²) in [7, 11) is 1.71. The molecule has 0 aliphatic carbocycles. The summed E-state index contributed by atoms with van der Waals surface area (Å²) in [6.07, 6.45) is -3.84. The molecule has 1 heterocycles. The van der Waals surface area contributed by atoms with Crippen LogP contribution in [0.2, 0.25) is 0 Å². The van der Waals surface area contributed by atoms with Gasteiger partial charge in [0.1, 0.15) is 5.82 Å². The summed E-state index contributed by atoms with van der Waals surface area (Å²) in [4.78, 5) is 0. The fourth-order valence-corrected chi connectivity index (χ4v) is 2.44. The van der Waals surface area contributed by atoms with Crippen LogP contribution in [0.25, 0.3) is 0 Å². The Kier molecular flexibility index (Phi) is 4.10. The third-order valence-electron chi connectivity index (χ3n) is 3.40. The summed E-state index contributed by atoms with van der Waals surface area (Å²) in [6, 6.07) is 2.89. The molecule has 1 aromatic rings. The van der Waals surface area contributed by atoms with Gasteiger partial charge in [-0.15, -0.1) is 0 Å². The van der Waals surface area contributed by atoms with Gasteiger partial charge in [-0.3, -0.25) is 0 Å². The number of nitrogens with one attached hydrogen (secondary N) is 1. The summed E-state index contributed by atoms with van der Waals surface area (Å²) in [6.45, 7) is 1.17. The van der Waals surface area contributed by atoms with Gasteiger partial charge in [0.25, 0.3) is 0 Å². The zero-order chi connectivity index (χ0) is 14.0. The summed E-state index contributed by atoms with van der Waals surface area (Å²) >= 11 is 0. The highest BCUT2D eigenvalue weighted by Crippen LogP contribution is 2.34. The SMILES string of the molecule is CNC(c1ccc(C(F)(F)F)c(F)c1)C1CCOC1. The summed E-state index contributed by atoms with van der Waals surface area (Å²) in [5.41, 5.74) is -0.711. The van der Waals surface area contributed by atoms with E-state index in [1.165, 1.54) is 6.07 Å². The van der Waals surface area contributed by atoms with Crippen molar-refractivity contribution in [3.05, 3.63) is 35.1 Å². The van der Waals surface area contributed by atoms with Crippen LogP contribution in [0.3, 0.4) is 0 Å². The highest BCUT2D eigenvalue weighted by molar-refractivity contribution is 5.29. The average Bonchev–Trinajstić information content (AvgIpc) is 2.82. The largest absolute Gasteiger partial charge is 0.419 e. The quantitative estimate of drug-likeness (QED) is 0.857. The average molecular weight is 277 g/mol. The second-order valence-corrected chi connectivity index (χ2v) is 4.63. The number of halogens is 4. The van der Waals surface area contributed by atoms with E-state index in [9.17, 15) is 17.6 Å². The van der Waals surface area contributed by atoms with E-state index in [0.717, 1.165) is 18.6 Å². The molecule has 1 fully saturated rings. The van der Waals surface area contributed by atoms with Gasteiger partial charge >= 0.3 is 6.18 Å². The van der Waals surface area contributed by atoms with Crippen LogP contribution in [0, 0.1) is 11.7 Å². The van der Waals surface area contributed by atoms with Gasteiger partial charge in [0.15, 0.2) is 0 Å². The van der Waals surface area contributed by atoms with E-state index in [4.69, 9.17) is 4.74 Å². The number of rotatable bonds is 3. The standard InChI is InChI=1S/C13H15F4NO/c1-18-12(9-4-5-19-7-9)8-2-3-10(11(14)6-8)13(15,16)17/h2-3,6,9,12,18H,4-5,7H2,1H3. The number of hydrogen-bond donors (Lipinski definition) is 1. The second-order valence-electron chi connectivity index (χ2n) is 4.63. The number of benzene rings is 1. The third kappa shape index (κ3) is 3.06. The Bertz CT molecular complexity index is 441. The van der Waals surface area contributed by atoms with Crippen molar-refractivity contribution in [2.75, 3.05) is 20.3 Å². The third-order valence-corrected chi connectivity index (χ3v) is 3.40. The van der Waals surface area contributed by atoms with Crippen LogP contribution >= 0.6 is 0 Å². The molecule has 1 aliphatic rings. The highest BCUT2D eigenvalue weighted by Gasteiger charge is 2.35. The molecule has 0 amide bonds. The highest BCUT2D eigenvalue weighted by atomic mass is 19.4. The van der Waals surface area contributed by atoms with Crippen molar-refractivity contribution in [1.29, 1.82) is 0 Å². The van der Waals surface area contributed by atoms with Gasteiger partial charge in [-0.2, -0.15) is 13.2 Å². The monoisotopic (exact) mass is 277 g/mol. The first-order valence-corrected chi connectivity index (χ1v) is 6.05. The van der Waals surface area contributed by atoms with Gasteiger partial charge < -0.3 is 10.1 Å². The first-order chi connectivity index (χ1) is 8.93. The van der Waals surface area contributed by atoms with Crippen LogP contribution in [0.4, 0.5) is 17.6 Å². The molecule has 2 atom stereocenters. The van der Waals surface area contributed by atoms with Gasteiger partial charge in [-0.25, -0.2) is 4.39 Å². The molecule has 0 saturated carbocycles. The zero-order valence-corrected chi connectivity index (χ0v) is 10.4. The van der Waals surface area contributed by atoms with E-state index in [1.54, 1.807) is 7.05 Å². The Labute approximate surface area is 108 Å². The molecule has 0 spiro atoms. The maximum Gasteiger partial charge on any atom is 0.419 e. The summed E-state index contributed by atoms with van der Waals surface area (Å²) < 4.78 is 56.3. The summed E-state index contributed by atoms with van der Waals surface area (Å²) in [5, 5.41) is 3.02. The van der Waals surface area contributed by atoms with Crippen LogP contribution in [0.5, 0.6) is 0 Å². The van der Waals surface area contributed by atoms with Gasteiger partial charge in [-0.05, 0) is 31.2 Å². The molecule has 1 saturated heterocycles. The predicted molar refractivity (Wildman–Crippen MR) is 62.1 cm³/mol. The maximum absolute atomic E-state index is 13.6. The van der Waals surface area contributed by atoms with Gasteiger partial charge in [0, 0.05) is 18.6 Å². The second kappa shape index (κ2) is 5.46. The fourth-order valence-electron chi connectivity index (χ4n) is 2.44. The number of hydrogen-bond acceptors (Lipinski definition) is 2. The lowest BCUT2D eigenvalue weighted by molar-refractivity contribution is -0.140. The lowest BCUT2D eigenvalue weighted by atomic mass is 9.92. The fraction of sp³-hybridized carbons (Fsp3) is 0.538. The van der Waals surface area contributed by atoms with E-state index in [-0.39, 0.29) is 12.0 Å². The van der Waals surface area contributed by atoms with Crippen molar-refractivity contribution in [2.24, 2.45) is 5.92 Å². The molecule has 2 rings (SSSR count). The molecule has 1 aromatic carbocycles. The number of alkyl halides is 3. The van der Waals surface area contributed by atoms with Gasteiger partial charge in [-0.1, -0.05) is 6.07 Å². The molecule has 6 heteroatoms. The minimum Gasteiger partial charge on any atom is -0.381 e.